The summed E-state index contributed by atoms with van der Waals surface area (Å²) in [5.41, 5.74) is 5.01. The van der Waals surface area contributed by atoms with Crippen LogP contribution in [0.4, 0.5) is 0 Å². The van der Waals surface area contributed by atoms with Crippen LogP contribution in [-0.2, 0) is 4.74 Å². The third-order valence-electron chi connectivity index (χ3n) is 4.03. The van der Waals surface area contributed by atoms with Crippen molar-refractivity contribution in [3.63, 3.8) is 0 Å². The Hall–Kier alpha value is -0.970. The molecule has 0 bridgehead atoms. The lowest BCUT2D eigenvalue weighted by atomic mass is 9.77. The average Bonchev–Trinajstić information content (AvgIpc) is 2.41. The molecule has 100 valence electrons. The monoisotopic (exact) mass is 249 g/mol. The van der Waals surface area contributed by atoms with Gasteiger partial charge < -0.3 is 4.74 Å². The first-order valence-electron chi connectivity index (χ1n) is 6.65. The molecule has 1 aliphatic carbocycles. The van der Waals surface area contributed by atoms with Crippen LogP contribution in [0.1, 0.15) is 49.3 Å². The quantitative estimate of drug-likeness (QED) is 0.634. The molecule has 3 N–H and O–H groups in total. The van der Waals surface area contributed by atoms with E-state index in [0.29, 0.717) is 0 Å². The van der Waals surface area contributed by atoms with Crippen LogP contribution in [0, 0.1) is 6.92 Å². The van der Waals surface area contributed by atoms with Crippen molar-refractivity contribution in [3.8, 4) is 0 Å². The summed E-state index contributed by atoms with van der Waals surface area (Å²) in [5.74, 6) is 5.79. The van der Waals surface area contributed by atoms with Crippen molar-refractivity contribution in [3.05, 3.63) is 29.6 Å². The van der Waals surface area contributed by atoms with E-state index in [0.717, 1.165) is 24.0 Å². The molecule has 0 radical (unpaired) electrons. The number of aromatic nitrogens is 1. The van der Waals surface area contributed by atoms with Crippen LogP contribution < -0.4 is 11.3 Å². The van der Waals surface area contributed by atoms with Crippen LogP contribution in [0.5, 0.6) is 0 Å². The molecule has 0 aliphatic heterocycles. The fraction of sp³-hybridized carbons (Fsp3) is 0.643. The van der Waals surface area contributed by atoms with Crippen LogP contribution in [-0.4, -0.2) is 17.7 Å². The predicted octanol–water partition coefficient (Wildman–Crippen LogP) is 2.24. The van der Waals surface area contributed by atoms with Gasteiger partial charge in [0.05, 0.1) is 11.6 Å². The molecule has 4 nitrogen and oxygen atoms in total. The number of nitrogens with zero attached hydrogens (tertiary/aromatic N) is 1. The van der Waals surface area contributed by atoms with E-state index in [9.17, 15) is 0 Å². The van der Waals surface area contributed by atoms with E-state index in [4.69, 9.17) is 10.6 Å². The molecule has 0 aromatic carbocycles. The second-order valence-corrected chi connectivity index (χ2v) is 5.22. The molecular weight excluding hydrogens is 226 g/mol. The Labute approximate surface area is 109 Å². The van der Waals surface area contributed by atoms with Gasteiger partial charge in [0.15, 0.2) is 0 Å². The van der Waals surface area contributed by atoms with Crippen molar-refractivity contribution >= 4 is 0 Å². The number of ether oxygens (including phenoxy) is 1. The summed E-state index contributed by atoms with van der Waals surface area (Å²) in [7, 11) is 1.79. The van der Waals surface area contributed by atoms with Crippen molar-refractivity contribution in [2.24, 2.45) is 5.84 Å². The molecule has 1 atom stereocenters. The zero-order chi connectivity index (χ0) is 13.0. The first-order valence-corrected chi connectivity index (χ1v) is 6.65. The maximum atomic E-state index is 5.86. The summed E-state index contributed by atoms with van der Waals surface area (Å²) in [5, 5.41) is 0. The fourth-order valence-corrected chi connectivity index (χ4v) is 3.05. The first-order chi connectivity index (χ1) is 8.72. The van der Waals surface area contributed by atoms with Gasteiger partial charge in [-0.1, -0.05) is 25.3 Å². The highest BCUT2D eigenvalue weighted by atomic mass is 16.5. The Bertz CT molecular complexity index is 388. The number of hydrogen-bond acceptors (Lipinski definition) is 4. The number of methoxy groups -OCH3 is 1. The molecule has 1 heterocycles. The highest BCUT2D eigenvalue weighted by Gasteiger charge is 2.40. The van der Waals surface area contributed by atoms with Gasteiger partial charge in [0.2, 0.25) is 0 Å². The predicted molar refractivity (Wildman–Crippen MR) is 71.9 cm³/mol. The Morgan fingerprint density at radius 1 is 1.33 bits per heavy atom. The molecule has 1 aromatic heterocycles. The van der Waals surface area contributed by atoms with Gasteiger partial charge in [-0.2, -0.15) is 0 Å². The molecule has 0 spiro atoms. The maximum Gasteiger partial charge on any atom is 0.0886 e. The summed E-state index contributed by atoms with van der Waals surface area (Å²) < 4.78 is 5.86. The van der Waals surface area contributed by atoms with Crippen LogP contribution >= 0.6 is 0 Å². The Morgan fingerprint density at radius 2 is 2.06 bits per heavy atom. The lowest BCUT2D eigenvalue weighted by Gasteiger charge is -2.42. The highest BCUT2D eigenvalue weighted by Crippen LogP contribution is 2.40. The largest absolute Gasteiger partial charge is 0.376 e. The smallest absolute Gasteiger partial charge is 0.0886 e. The molecule has 4 heteroatoms. The highest BCUT2D eigenvalue weighted by molar-refractivity contribution is 5.23. The zero-order valence-electron chi connectivity index (χ0n) is 11.3. The van der Waals surface area contributed by atoms with E-state index in [2.05, 4.69) is 16.5 Å². The Balaban J connectivity index is 2.31. The van der Waals surface area contributed by atoms with Gasteiger partial charge in [-0.05, 0) is 30.9 Å². The number of nitrogens with two attached hydrogens (primary N) is 1. The van der Waals surface area contributed by atoms with E-state index in [1.165, 1.54) is 19.3 Å². The lowest BCUT2D eigenvalue weighted by molar-refractivity contribution is -0.0689. The van der Waals surface area contributed by atoms with Crippen molar-refractivity contribution in [2.75, 3.05) is 7.11 Å². The van der Waals surface area contributed by atoms with Crippen LogP contribution in [0.2, 0.25) is 0 Å². The number of pyridine rings is 1. The molecule has 0 amide bonds. The molecule has 2 rings (SSSR count). The van der Waals surface area contributed by atoms with Crippen LogP contribution in [0.15, 0.2) is 18.5 Å². The molecule has 1 saturated carbocycles. The van der Waals surface area contributed by atoms with Crippen molar-refractivity contribution < 1.29 is 4.74 Å². The number of aryl methyl sites for hydroxylation is 1. The summed E-state index contributed by atoms with van der Waals surface area (Å²) >= 11 is 0. The van der Waals surface area contributed by atoms with Crippen molar-refractivity contribution in [1.82, 2.24) is 10.4 Å². The Kier molecular flexibility index (Phi) is 4.32. The van der Waals surface area contributed by atoms with Gasteiger partial charge in [-0.15, -0.1) is 0 Å². The van der Waals surface area contributed by atoms with Gasteiger partial charge in [0, 0.05) is 19.5 Å². The summed E-state index contributed by atoms with van der Waals surface area (Å²) in [6.45, 7) is 2.05. The molecule has 18 heavy (non-hydrogen) atoms. The van der Waals surface area contributed by atoms with Gasteiger partial charge in [0.25, 0.3) is 0 Å². The molecule has 1 fully saturated rings. The fourth-order valence-electron chi connectivity index (χ4n) is 3.05. The molecular formula is C14H23N3O. The van der Waals surface area contributed by atoms with Crippen molar-refractivity contribution in [2.45, 2.75) is 50.7 Å². The van der Waals surface area contributed by atoms with E-state index < -0.39 is 0 Å². The van der Waals surface area contributed by atoms with Crippen molar-refractivity contribution in [1.29, 1.82) is 0 Å². The SMILES string of the molecule is COC1(C(NN)c2cncc(C)c2)CCCCC1. The number of rotatable bonds is 4. The van der Waals surface area contributed by atoms with Crippen LogP contribution in [0.3, 0.4) is 0 Å². The van der Waals surface area contributed by atoms with Crippen LogP contribution in [0.25, 0.3) is 0 Å². The minimum Gasteiger partial charge on any atom is -0.376 e. The lowest BCUT2D eigenvalue weighted by Crippen LogP contribution is -2.49. The molecule has 0 saturated heterocycles. The minimum atomic E-state index is -0.192. The van der Waals surface area contributed by atoms with E-state index in [1.807, 2.05) is 19.3 Å². The number of nitrogens with one attached hydrogen (secondary N) is 1. The average molecular weight is 249 g/mol. The second kappa shape index (κ2) is 5.78. The maximum absolute atomic E-state index is 5.86. The minimum absolute atomic E-state index is 0.00944. The van der Waals surface area contributed by atoms with Gasteiger partial charge in [0.1, 0.15) is 0 Å². The zero-order valence-corrected chi connectivity index (χ0v) is 11.3. The first kappa shape index (κ1) is 13.5. The van der Waals surface area contributed by atoms with E-state index in [1.54, 1.807) is 7.11 Å². The third-order valence-corrected chi connectivity index (χ3v) is 4.03. The standard InChI is InChI=1S/C14H23N3O/c1-11-8-12(10-16-9-11)13(17-15)14(18-2)6-4-3-5-7-14/h8-10,13,17H,3-7,15H2,1-2H3. The molecule has 1 unspecified atom stereocenters. The molecule has 1 aliphatic rings. The number of hydrogen-bond donors (Lipinski definition) is 2. The topological polar surface area (TPSA) is 60.2 Å². The van der Waals surface area contributed by atoms with E-state index in [-0.39, 0.29) is 11.6 Å². The summed E-state index contributed by atoms with van der Waals surface area (Å²) in [6.07, 6.45) is 9.52. The third kappa shape index (κ3) is 2.55. The summed E-state index contributed by atoms with van der Waals surface area (Å²) in [6, 6.07) is 2.14. The Morgan fingerprint density at radius 3 is 2.61 bits per heavy atom. The molecule has 1 aromatic rings. The second-order valence-electron chi connectivity index (χ2n) is 5.22. The van der Waals surface area contributed by atoms with Gasteiger partial charge in [-0.25, -0.2) is 0 Å². The number of hydrazine groups is 1. The normalized spacial score (nSPS) is 20.6. The van der Waals surface area contributed by atoms with Gasteiger partial charge >= 0.3 is 0 Å². The summed E-state index contributed by atoms with van der Waals surface area (Å²) in [4.78, 5) is 4.26. The van der Waals surface area contributed by atoms with E-state index >= 15 is 0 Å². The van der Waals surface area contributed by atoms with Gasteiger partial charge in [-0.3, -0.25) is 16.3 Å².